The molecule has 108 valence electrons. The Morgan fingerprint density at radius 3 is 2.58 bits per heavy atom. The molecule has 1 atom stereocenters. The Hall–Kier alpha value is -0.830. The minimum absolute atomic E-state index is 0.0892. The molecule has 0 radical (unpaired) electrons. The van der Waals surface area contributed by atoms with E-state index in [9.17, 15) is 17.6 Å². The van der Waals surface area contributed by atoms with E-state index >= 15 is 0 Å². The number of thioether (sulfide) groups is 1. The van der Waals surface area contributed by atoms with Gasteiger partial charge < -0.3 is 9.88 Å². The molecule has 0 aromatic carbocycles. The summed E-state index contributed by atoms with van der Waals surface area (Å²) in [7, 11) is 3.46. The van der Waals surface area contributed by atoms with Crippen LogP contribution in [0.3, 0.4) is 0 Å². The SMILES string of the molecule is CNCc1nnc(SC[C@H]2CC(F)(F)C2(F)F)n1C. The van der Waals surface area contributed by atoms with E-state index in [1.165, 1.54) is 0 Å². The minimum Gasteiger partial charge on any atom is -0.313 e. The van der Waals surface area contributed by atoms with Crippen molar-refractivity contribution in [2.75, 3.05) is 12.8 Å². The van der Waals surface area contributed by atoms with Gasteiger partial charge in [0.2, 0.25) is 0 Å². The summed E-state index contributed by atoms with van der Waals surface area (Å²) in [5, 5.41) is 11.1. The molecule has 0 bridgehead atoms. The van der Waals surface area contributed by atoms with Crippen LogP contribution in [0.2, 0.25) is 0 Å². The maximum Gasteiger partial charge on any atom is 0.314 e. The third kappa shape index (κ3) is 2.45. The molecule has 0 spiro atoms. The first kappa shape index (κ1) is 14.6. The molecule has 0 aliphatic heterocycles. The Kier molecular flexibility index (Phi) is 3.78. The van der Waals surface area contributed by atoms with Gasteiger partial charge in [0.25, 0.3) is 0 Å². The molecular formula is C10H14F4N4S. The molecule has 1 aromatic rings. The second-order valence-corrected chi connectivity index (χ2v) is 5.51. The van der Waals surface area contributed by atoms with E-state index in [0.29, 0.717) is 17.5 Å². The van der Waals surface area contributed by atoms with Gasteiger partial charge in [0.05, 0.1) is 6.54 Å². The standard InChI is InChI=1S/C10H14F4N4S/c1-15-4-7-16-17-8(18(7)2)19-5-6-3-9(11,12)10(6,13)14/h6,15H,3-5H2,1-2H3/t6-/m1/s1. The van der Waals surface area contributed by atoms with Crippen molar-refractivity contribution in [1.29, 1.82) is 0 Å². The molecule has 0 saturated heterocycles. The normalized spacial score (nSPS) is 24.2. The van der Waals surface area contributed by atoms with Crippen molar-refractivity contribution in [2.24, 2.45) is 13.0 Å². The largest absolute Gasteiger partial charge is 0.314 e. The molecule has 2 rings (SSSR count). The van der Waals surface area contributed by atoms with E-state index in [-0.39, 0.29) is 5.75 Å². The van der Waals surface area contributed by atoms with Crippen LogP contribution in [0.1, 0.15) is 12.2 Å². The second-order valence-electron chi connectivity index (χ2n) is 4.53. The molecule has 1 N–H and O–H groups in total. The lowest BCUT2D eigenvalue weighted by Crippen LogP contribution is -2.59. The first-order valence-corrected chi connectivity index (χ1v) is 6.69. The van der Waals surface area contributed by atoms with Crippen molar-refractivity contribution in [2.45, 2.75) is 30.0 Å². The third-order valence-corrected chi connectivity index (χ3v) is 4.36. The van der Waals surface area contributed by atoms with Crippen LogP contribution in [0.15, 0.2) is 5.16 Å². The van der Waals surface area contributed by atoms with Crippen molar-refractivity contribution >= 4 is 11.8 Å². The Labute approximate surface area is 112 Å². The van der Waals surface area contributed by atoms with Gasteiger partial charge in [0, 0.05) is 25.1 Å². The number of aromatic nitrogens is 3. The zero-order valence-electron chi connectivity index (χ0n) is 10.5. The van der Waals surface area contributed by atoms with Crippen LogP contribution >= 0.6 is 11.8 Å². The average molecular weight is 298 g/mol. The lowest BCUT2D eigenvalue weighted by atomic mass is 9.78. The molecule has 1 fully saturated rings. The monoisotopic (exact) mass is 298 g/mol. The molecule has 19 heavy (non-hydrogen) atoms. The van der Waals surface area contributed by atoms with Crippen molar-refractivity contribution in [3.05, 3.63) is 5.82 Å². The summed E-state index contributed by atoms with van der Waals surface area (Å²) < 4.78 is 53.2. The molecule has 1 saturated carbocycles. The molecule has 0 amide bonds. The number of hydrogen-bond donors (Lipinski definition) is 1. The maximum absolute atomic E-state index is 13.1. The van der Waals surface area contributed by atoms with E-state index in [0.717, 1.165) is 11.8 Å². The highest BCUT2D eigenvalue weighted by Gasteiger charge is 2.71. The van der Waals surface area contributed by atoms with Gasteiger partial charge in [-0.05, 0) is 7.05 Å². The van der Waals surface area contributed by atoms with Gasteiger partial charge in [0.15, 0.2) is 5.16 Å². The van der Waals surface area contributed by atoms with Crippen molar-refractivity contribution in [3.8, 4) is 0 Å². The number of nitrogens with one attached hydrogen (secondary N) is 1. The molecule has 1 heterocycles. The molecule has 9 heteroatoms. The Morgan fingerprint density at radius 2 is 2.05 bits per heavy atom. The number of hydrogen-bond acceptors (Lipinski definition) is 4. The van der Waals surface area contributed by atoms with Crippen molar-refractivity contribution in [1.82, 2.24) is 20.1 Å². The Balaban J connectivity index is 1.94. The van der Waals surface area contributed by atoms with E-state index in [1.807, 2.05) is 0 Å². The molecule has 1 aliphatic carbocycles. The quantitative estimate of drug-likeness (QED) is 0.666. The molecule has 1 aliphatic rings. The van der Waals surface area contributed by atoms with E-state index in [1.54, 1.807) is 18.7 Å². The molecule has 0 unspecified atom stereocenters. The third-order valence-electron chi connectivity index (χ3n) is 3.18. The maximum atomic E-state index is 13.1. The predicted octanol–water partition coefficient (Wildman–Crippen LogP) is 1.92. The van der Waals surface area contributed by atoms with Crippen molar-refractivity contribution < 1.29 is 17.6 Å². The average Bonchev–Trinajstić information content (AvgIpc) is 2.67. The second kappa shape index (κ2) is 4.93. The van der Waals surface area contributed by atoms with Gasteiger partial charge in [-0.1, -0.05) is 11.8 Å². The van der Waals surface area contributed by atoms with Gasteiger partial charge >= 0.3 is 11.8 Å². The summed E-state index contributed by atoms with van der Waals surface area (Å²) in [5.74, 6) is -8.51. The highest BCUT2D eigenvalue weighted by Crippen LogP contribution is 2.56. The number of halogens is 4. The molecule has 4 nitrogen and oxygen atoms in total. The fourth-order valence-electron chi connectivity index (χ4n) is 1.86. The van der Waals surface area contributed by atoms with Gasteiger partial charge in [-0.3, -0.25) is 0 Å². The van der Waals surface area contributed by atoms with Crippen LogP contribution in [0, 0.1) is 5.92 Å². The summed E-state index contributed by atoms with van der Waals surface area (Å²) in [6.45, 7) is 0.502. The van der Waals surface area contributed by atoms with Gasteiger partial charge in [-0.2, -0.15) is 17.6 Å². The van der Waals surface area contributed by atoms with E-state index < -0.39 is 24.2 Å². The lowest BCUT2D eigenvalue weighted by Gasteiger charge is -2.43. The van der Waals surface area contributed by atoms with Gasteiger partial charge in [-0.25, -0.2) is 0 Å². The summed E-state index contributed by atoms with van der Waals surface area (Å²) >= 11 is 1.03. The summed E-state index contributed by atoms with van der Waals surface area (Å²) in [5.41, 5.74) is 0. The number of alkyl halides is 4. The highest BCUT2D eigenvalue weighted by atomic mass is 32.2. The van der Waals surface area contributed by atoms with Gasteiger partial charge in [0.1, 0.15) is 5.82 Å². The Bertz CT molecular complexity index is 462. The first-order valence-electron chi connectivity index (χ1n) is 5.71. The molecular weight excluding hydrogens is 284 g/mol. The van der Waals surface area contributed by atoms with Crippen LogP contribution in [-0.4, -0.2) is 39.4 Å². The van der Waals surface area contributed by atoms with E-state index in [4.69, 9.17) is 0 Å². The minimum atomic E-state index is -3.91. The Morgan fingerprint density at radius 1 is 1.37 bits per heavy atom. The summed E-state index contributed by atoms with van der Waals surface area (Å²) in [4.78, 5) is 0. The van der Waals surface area contributed by atoms with Gasteiger partial charge in [-0.15, -0.1) is 10.2 Å². The smallest absolute Gasteiger partial charge is 0.313 e. The van der Waals surface area contributed by atoms with Crippen molar-refractivity contribution in [3.63, 3.8) is 0 Å². The molecule has 1 aromatic heterocycles. The number of rotatable bonds is 5. The highest BCUT2D eigenvalue weighted by molar-refractivity contribution is 7.99. The van der Waals surface area contributed by atoms with E-state index in [2.05, 4.69) is 15.5 Å². The first-order chi connectivity index (χ1) is 8.79. The zero-order chi connectivity index (χ0) is 14.3. The topological polar surface area (TPSA) is 42.7 Å². The lowest BCUT2D eigenvalue weighted by molar-refractivity contribution is -0.307. The summed E-state index contributed by atoms with van der Waals surface area (Å²) in [6, 6.07) is 0. The van der Waals surface area contributed by atoms with Crippen LogP contribution in [0.5, 0.6) is 0 Å². The van der Waals surface area contributed by atoms with Crippen LogP contribution in [0.25, 0.3) is 0 Å². The predicted molar refractivity (Wildman–Crippen MR) is 62.5 cm³/mol. The van der Waals surface area contributed by atoms with Crippen LogP contribution in [-0.2, 0) is 13.6 Å². The van der Waals surface area contributed by atoms with Crippen LogP contribution in [0.4, 0.5) is 17.6 Å². The fraction of sp³-hybridized carbons (Fsp3) is 0.800. The zero-order valence-corrected chi connectivity index (χ0v) is 11.3. The fourth-order valence-corrected chi connectivity index (χ4v) is 2.94. The summed E-state index contributed by atoms with van der Waals surface area (Å²) in [6.07, 6.45) is -0.770. The van der Waals surface area contributed by atoms with Crippen LogP contribution < -0.4 is 5.32 Å². The number of nitrogens with zero attached hydrogens (tertiary/aromatic N) is 3.